The number of carbonyl (C=O) groups is 5. The van der Waals surface area contributed by atoms with E-state index in [-0.39, 0.29) is 29.9 Å². The van der Waals surface area contributed by atoms with Crippen LogP contribution in [0.1, 0.15) is 56.7 Å². The first-order valence-electron chi connectivity index (χ1n) is 14.6. The maximum Gasteiger partial charge on any atom is 0.246 e. The fourth-order valence-corrected chi connectivity index (χ4v) is 5.74. The molecule has 0 saturated carbocycles. The van der Waals surface area contributed by atoms with Crippen LogP contribution in [-0.2, 0) is 20.8 Å². The number of nitrogens with one attached hydrogen (secondary N) is 3. The normalized spacial score (nSPS) is 16.2. The fraction of sp³-hybridized carbons (Fsp3) is 0.303. The lowest BCUT2D eigenvalue weighted by atomic mass is 9.83. The Morgan fingerprint density at radius 2 is 1.56 bits per heavy atom. The molecule has 10 heteroatoms. The third-order valence-corrected chi connectivity index (χ3v) is 7.86. The highest BCUT2D eigenvalue weighted by molar-refractivity contribution is 6.30. The lowest BCUT2D eigenvalue weighted by Gasteiger charge is -2.29. The van der Waals surface area contributed by atoms with Gasteiger partial charge in [0.15, 0.2) is 11.6 Å². The van der Waals surface area contributed by atoms with E-state index in [4.69, 9.17) is 5.73 Å². The Hall–Kier alpha value is -4.83. The van der Waals surface area contributed by atoms with Gasteiger partial charge in [-0.25, -0.2) is 0 Å². The van der Waals surface area contributed by atoms with Gasteiger partial charge in [-0.15, -0.1) is 0 Å². The number of hydrogen-bond donors (Lipinski definition) is 4. The quantitative estimate of drug-likeness (QED) is 0.198. The number of nitrogens with zero attached hydrogens (tertiary/aromatic N) is 1. The van der Waals surface area contributed by atoms with E-state index in [1.165, 1.54) is 0 Å². The monoisotopic (exact) mass is 581 g/mol. The lowest BCUT2D eigenvalue weighted by molar-refractivity contribution is -0.141. The summed E-state index contributed by atoms with van der Waals surface area (Å²) >= 11 is 0. The molecule has 2 aliphatic rings. The van der Waals surface area contributed by atoms with Crippen molar-refractivity contribution in [2.24, 2.45) is 5.73 Å². The van der Waals surface area contributed by atoms with Crippen molar-refractivity contribution in [3.05, 3.63) is 101 Å². The number of anilines is 1. The maximum absolute atomic E-state index is 13.5. The number of rotatable bonds is 11. The number of amides is 3. The van der Waals surface area contributed by atoms with Crippen molar-refractivity contribution in [1.82, 2.24) is 15.5 Å². The second kappa shape index (κ2) is 13.4. The van der Waals surface area contributed by atoms with Crippen molar-refractivity contribution < 1.29 is 24.0 Å². The standard InChI is InChI=1S/C33H35N5O5/c34-20-28(39)37-26(19-21-9-2-1-3-10-21)33(43)38-18-7-15-27(38)32(42)36-17-8-16-35-25-14-6-13-24-29(25)31(41)23-12-5-4-11-22(23)30(24)40/h1-6,9-14,26-27,35H,7-8,15-20,34H2,(H,36,42)(H,37,39)/t26-,27-/m0/s1. The Morgan fingerprint density at radius 3 is 2.30 bits per heavy atom. The molecule has 1 saturated heterocycles. The molecule has 3 amide bonds. The summed E-state index contributed by atoms with van der Waals surface area (Å²) in [5.41, 5.74) is 8.50. The molecule has 5 N–H and O–H groups in total. The van der Waals surface area contributed by atoms with Crippen LogP contribution in [-0.4, -0.2) is 72.5 Å². The summed E-state index contributed by atoms with van der Waals surface area (Å²) in [5.74, 6) is -1.35. The summed E-state index contributed by atoms with van der Waals surface area (Å²) in [5, 5.41) is 8.89. The van der Waals surface area contributed by atoms with Crippen LogP contribution in [0.5, 0.6) is 0 Å². The molecule has 5 rings (SSSR count). The van der Waals surface area contributed by atoms with Crippen LogP contribution >= 0.6 is 0 Å². The SMILES string of the molecule is NCC(=O)N[C@@H](Cc1ccccc1)C(=O)N1CCC[C@H]1C(=O)NCCCNc1cccc2c1C(=O)c1ccccc1C2=O. The molecule has 1 fully saturated rings. The number of hydrogen-bond acceptors (Lipinski definition) is 7. The maximum atomic E-state index is 13.5. The number of likely N-dealkylation sites (tertiary alicyclic amines) is 1. The molecular formula is C33H35N5O5. The molecule has 2 atom stereocenters. The Morgan fingerprint density at radius 1 is 0.860 bits per heavy atom. The first-order chi connectivity index (χ1) is 20.9. The summed E-state index contributed by atoms with van der Waals surface area (Å²) in [4.78, 5) is 66.5. The largest absolute Gasteiger partial charge is 0.384 e. The molecule has 0 bridgehead atoms. The average molecular weight is 582 g/mol. The molecular weight excluding hydrogens is 546 g/mol. The van der Waals surface area contributed by atoms with Gasteiger partial charge in [0.05, 0.1) is 12.1 Å². The van der Waals surface area contributed by atoms with Gasteiger partial charge in [-0.05, 0) is 30.9 Å². The summed E-state index contributed by atoms with van der Waals surface area (Å²) in [7, 11) is 0. The summed E-state index contributed by atoms with van der Waals surface area (Å²) < 4.78 is 0. The smallest absolute Gasteiger partial charge is 0.246 e. The van der Waals surface area contributed by atoms with E-state index < -0.39 is 18.0 Å². The van der Waals surface area contributed by atoms with Gasteiger partial charge in [0.1, 0.15) is 12.1 Å². The van der Waals surface area contributed by atoms with Gasteiger partial charge in [-0.3, -0.25) is 24.0 Å². The van der Waals surface area contributed by atoms with Gasteiger partial charge < -0.3 is 26.6 Å². The van der Waals surface area contributed by atoms with E-state index >= 15 is 0 Å². The summed E-state index contributed by atoms with van der Waals surface area (Å²) in [6.45, 7) is 1.00. The van der Waals surface area contributed by atoms with Crippen molar-refractivity contribution in [2.75, 3.05) is 31.5 Å². The molecule has 1 aliphatic carbocycles. The molecule has 1 aliphatic heterocycles. The van der Waals surface area contributed by atoms with E-state index in [2.05, 4.69) is 16.0 Å². The van der Waals surface area contributed by atoms with Gasteiger partial charge in [-0.2, -0.15) is 0 Å². The van der Waals surface area contributed by atoms with Crippen molar-refractivity contribution in [1.29, 1.82) is 0 Å². The van der Waals surface area contributed by atoms with Crippen LogP contribution in [0, 0.1) is 0 Å². The second-order valence-electron chi connectivity index (χ2n) is 10.7. The third-order valence-electron chi connectivity index (χ3n) is 7.86. The highest BCUT2D eigenvalue weighted by Crippen LogP contribution is 2.31. The summed E-state index contributed by atoms with van der Waals surface area (Å²) in [6, 6.07) is 19.9. The highest BCUT2D eigenvalue weighted by atomic mass is 16.2. The first kappa shape index (κ1) is 29.7. The molecule has 3 aromatic carbocycles. The predicted octanol–water partition coefficient (Wildman–Crippen LogP) is 2.06. The minimum Gasteiger partial charge on any atom is -0.384 e. The van der Waals surface area contributed by atoms with Crippen molar-refractivity contribution in [2.45, 2.75) is 37.8 Å². The Labute approximate surface area is 250 Å². The molecule has 43 heavy (non-hydrogen) atoms. The molecule has 1 heterocycles. The zero-order chi connectivity index (χ0) is 30.3. The third kappa shape index (κ3) is 6.49. The Balaban J connectivity index is 1.16. The first-order valence-corrected chi connectivity index (χ1v) is 14.6. The zero-order valence-corrected chi connectivity index (χ0v) is 23.8. The van der Waals surface area contributed by atoms with Gasteiger partial charge in [0.2, 0.25) is 17.7 Å². The predicted molar refractivity (Wildman–Crippen MR) is 162 cm³/mol. The van der Waals surface area contributed by atoms with Gasteiger partial charge >= 0.3 is 0 Å². The number of carbonyl (C=O) groups excluding carboxylic acids is 5. The van der Waals surface area contributed by atoms with Crippen LogP contribution in [0.4, 0.5) is 5.69 Å². The van der Waals surface area contributed by atoms with Crippen LogP contribution in [0.2, 0.25) is 0 Å². The van der Waals surface area contributed by atoms with Gasteiger partial charge in [0, 0.05) is 48.4 Å². The van der Waals surface area contributed by atoms with Crippen molar-refractivity contribution in [3.63, 3.8) is 0 Å². The van der Waals surface area contributed by atoms with Gasteiger partial charge in [-0.1, -0.05) is 66.7 Å². The minimum atomic E-state index is -0.825. The molecule has 3 aromatic rings. The van der Waals surface area contributed by atoms with Crippen LogP contribution in [0.3, 0.4) is 0 Å². The number of nitrogens with two attached hydrogens (primary N) is 1. The molecule has 222 valence electrons. The molecule has 0 spiro atoms. The fourth-order valence-electron chi connectivity index (χ4n) is 5.74. The van der Waals surface area contributed by atoms with E-state index in [0.29, 0.717) is 73.3 Å². The van der Waals surface area contributed by atoms with Crippen molar-refractivity contribution >= 4 is 35.0 Å². The number of benzene rings is 3. The Kier molecular flexibility index (Phi) is 9.26. The minimum absolute atomic E-state index is 0.176. The highest BCUT2D eigenvalue weighted by Gasteiger charge is 2.37. The Bertz CT molecular complexity index is 1540. The molecule has 0 unspecified atom stereocenters. The van der Waals surface area contributed by atoms with Gasteiger partial charge in [0.25, 0.3) is 0 Å². The zero-order valence-electron chi connectivity index (χ0n) is 23.8. The van der Waals surface area contributed by atoms with Crippen LogP contribution in [0.15, 0.2) is 72.8 Å². The van der Waals surface area contributed by atoms with Crippen molar-refractivity contribution in [3.8, 4) is 0 Å². The van der Waals surface area contributed by atoms with E-state index in [9.17, 15) is 24.0 Å². The molecule has 0 radical (unpaired) electrons. The summed E-state index contributed by atoms with van der Waals surface area (Å²) in [6.07, 6.45) is 2.07. The topological polar surface area (TPSA) is 151 Å². The number of ketones is 2. The number of fused-ring (bicyclic) bond motifs is 2. The second-order valence-corrected chi connectivity index (χ2v) is 10.7. The van der Waals surface area contributed by atoms with E-state index in [0.717, 1.165) is 5.56 Å². The lowest BCUT2D eigenvalue weighted by Crippen LogP contribution is -2.55. The van der Waals surface area contributed by atoms with Crippen LogP contribution < -0.4 is 21.7 Å². The molecule has 0 aromatic heterocycles. The van der Waals surface area contributed by atoms with E-state index in [1.807, 2.05) is 30.3 Å². The van der Waals surface area contributed by atoms with E-state index in [1.54, 1.807) is 47.4 Å². The van der Waals surface area contributed by atoms with Crippen LogP contribution in [0.25, 0.3) is 0 Å². The average Bonchev–Trinajstić information content (AvgIpc) is 3.53. The molecule has 10 nitrogen and oxygen atoms in total.